The molecule has 0 saturated heterocycles. The fourth-order valence-corrected chi connectivity index (χ4v) is 4.31. The van der Waals surface area contributed by atoms with Crippen LogP contribution in [0.5, 0.6) is 0 Å². The summed E-state index contributed by atoms with van der Waals surface area (Å²) in [5.74, 6) is -1.88. The van der Waals surface area contributed by atoms with Gasteiger partial charge in [0, 0.05) is 30.9 Å². The summed E-state index contributed by atoms with van der Waals surface area (Å²) in [7, 11) is -0.666. The van der Waals surface area contributed by atoms with Crippen LogP contribution < -0.4 is 5.32 Å². The summed E-state index contributed by atoms with van der Waals surface area (Å²) in [4.78, 5) is 38.1. The highest BCUT2D eigenvalue weighted by Crippen LogP contribution is 2.24. The number of carbonyl (C=O) groups excluding carboxylic acids is 3. The molecule has 0 fully saturated rings. The van der Waals surface area contributed by atoms with Crippen molar-refractivity contribution in [3.05, 3.63) is 65.2 Å². The van der Waals surface area contributed by atoms with Gasteiger partial charge in [0.15, 0.2) is 0 Å². The largest absolute Gasteiger partial charge is 0.345 e. The Morgan fingerprint density at radius 3 is 2.36 bits per heavy atom. The normalized spacial score (nSPS) is 14.9. The van der Waals surface area contributed by atoms with Crippen molar-refractivity contribution < 1.29 is 22.8 Å². The summed E-state index contributed by atoms with van der Waals surface area (Å²) in [6.07, 6.45) is 0. The first kappa shape index (κ1) is 19.6. The molecule has 0 unspecified atom stereocenters. The molecular weight excluding hydrogens is 382 g/mol. The van der Waals surface area contributed by atoms with Crippen LogP contribution in [0.2, 0.25) is 0 Å². The molecule has 1 heterocycles. The number of hydrogen-bond acceptors (Lipinski definition) is 5. The third kappa shape index (κ3) is 3.89. The van der Waals surface area contributed by atoms with Crippen molar-refractivity contribution in [2.24, 2.45) is 0 Å². The predicted octanol–water partition coefficient (Wildman–Crippen LogP) is 1.31. The minimum atomic E-state index is -3.93. The summed E-state index contributed by atoms with van der Waals surface area (Å²) in [6.45, 7) is -0.617. The van der Waals surface area contributed by atoms with Crippen LogP contribution in [0, 0.1) is 0 Å². The molecule has 0 saturated carbocycles. The minimum Gasteiger partial charge on any atom is -0.345 e. The third-order valence-electron chi connectivity index (χ3n) is 4.26. The van der Waals surface area contributed by atoms with E-state index in [9.17, 15) is 22.8 Å². The number of anilines is 1. The van der Waals surface area contributed by atoms with Gasteiger partial charge in [-0.05, 0) is 35.9 Å². The van der Waals surface area contributed by atoms with Crippen LogP contribution in [0.1, 0.15) is 26.3 Å². The zero-order chi connectivity index (χ0) is 20.5. The van der Waals surface area contributed by atoms with E-state index in [2.05, 4.69) is 5.32 Å². The van der Waals surface area contributed by atoms with E-state index >= 15 is 0 Å². The number of amides is 3. The first-order valence-corrected chi connectivity index (χ1v) is 10.0. The number of sulfonamides is 1. The van der Waals surface area contributed by atoms with Crippen LogP contribution in [-0.2, 0) is 20.6 Å². The van der Waals surface area contributed by atoms with E-state index in [4.69, 9.17) is 0 Å². The second-order valence-electron chi connectivity index (χ2n) is 6.55. The average Bonchev–Trinajstić information content (AvgIpc) is 2.65. The maximum absolute atomic E-state index is 12.5. The average molecular weight is 401 g/mol. The van der Waals surface area contributed by atoms with Crippen molar-refractivity contribution in [2.45, 2.75) is 5.75 Å². The first-order chi connectivity index (χ1) is 13.2. The lowest BCUT2D eigenvalue weighted by atomic mass is 10.1. The van der Waals surface area contributed by atoms with Crippen LogP contribution in [0.3, 0.4) is 0 Å². The van der Waals surface area contributed by atoms with Crippen molar-refractivity contribution in [2.75, 3.05) is 26.0 Å². The number of hydrogen-bond donors (Lipinski definition) is 1. The van der Waals surface area contributed by atoms with Gasteiger partial charge in [-0.2, -0.15) is 0 Å². The SMILES string of the molecule is CN(C)C(=O)c1ccc(NC(=O)CN2C(=O)c3ccccc3CS2(=O)=O)cc1. The number of nitrogens with zero attached hydrogens (tertiary/aromatic N) is 2. The molecule has 1 aliphatic rings. The summed E-state index contributed by atoms with van der Waals surface area (Å²) in [5, 5.41) is 2.54. The Hall–Kier alpha value is -3.20. The van der Waals surface area contributed by atoms with Crippen LogP contribution >= 0.6 is 0 Å². The summed E-state index contributed by atoms with van der Waals surface area (Å²) >= 11 is 0. The molecule has 146 valence electrons. The molecule has 1 aliphatic heterocycles. The second kappa shape index (κ2) is 7.43. The molecule has 0 spiro atoms. The molecule has 0 aromatic heterocycles. The van der Waals surface area contributed by atoms with Crippen LogP contribution in [-0.4, -0.2) is 56.0 Å². The van der Waals surface area contributed by atoms with Gasteiger partial charge in [-0.3, -0.25) is 14.4 Å². The molecular formula is C19H19N3O5S. The second-order valence-corrected chi connectivity index (χ2v) is 8.44. The van der Waals surface area contributed by atoms with E-state index < -0.39 is 28.4 Å². The summed E-state index contributed by atoms with van der Waals surface area (Å²) < 4.78 is 25.4. The Morgan fingerprint density at radius 1 is 1.07 bits per heavy atom. The lowest BCUT2D eigenvalue weighted by Gasteiger charge is -2.27. The molecule has 0 bridgehead atoms. The van der Waals surface area contributed by atoms with Gasteiger partial charge in [0.2, 0.25) is 15.9 Å². The number of rotatable bonds is 4. The maximum atomic E-state index is 12.5. The highest BCUT2D eigenvalue weighted by Gasteiger charge is 2.36. The minimum absolute atomic E-state index is 0.179. The van der Waals surface area contributed by atoms with Gasteiger partial charge in [-0.15, -0.1) is 0 Å². The molecule has 1 N–H and O–H groups in total. The van der Waals surface area contributed by atoms with Gasteiger partial charge in [-0.1, -0.05) is 18.2 Å². The highest BCUT2D eigenvalue weighted by atomic mass is 32.2. The van der Waals surface area contributed by atoms with Gasteiger partial charge >= 0.3 is 0 Å². The number of nitrogens with one attached hydrogen (secondary N) is 1. The summed E-state index contributed by atoms with van der Waals surface area (Å²) in [6, 6.07) is 12.6. The van der Waals surface area contributed by atoms with Crippen LogP contribution in [0.15, 0.2) is 48.5 Å². The molecule has 2 aromatic rings. The zero-order valence-corrected chi connectivity index (χ0v) is 16.2. The van der Waals surface area contributed by atoms with Crippen molar-refractivity contribution in [1.29, 1.82) is 0 Å². The topological polar surface area (TPSA) is 104 Å². The Balaban J connectivity index is 1.73. The van der Waals surface area contributed by atoms with E-state index in [1.807, 2.05) is 0 Å². The van der Waals surface area contributed by atoms with Crippen LogP contribution in [0.4, 0.5) is 5.69 Å². The van der Waals surface area contributed by atoms with E-state index in [1.54, 1.807) is 44.4 Å². The van der Waals surface area contributed by atoms with Gasteiger partial charge in [0.25, 0.3) is 11.8 Å². The number of benzene rings is 2. The summed E-state index contributed by atoms with van der Waals surface area (Å²) in [5.41, 5.74) is 1.54. The molecule has 9 heteroatoms. The van der Waals surface area contributed by atoms with Crippen molar-refractivity contribution in [1.82, 2.24) is 9.21 Å². The molecule has 0 aliphatic carbocycles. The highest BCUT2D eigenvalue weighted by molar-refractivity contribution is 7.89. The lowest BCUT2D eigenvalue weighted by Crippen LogP contribution is -2.45. The fourth-order valence-electron chi connectivity index (χ4n) is 2.85. The van der Waals surface area contributed by atoms with E-state index in [0.29, 0.717) is 21.1 Å². The zero-order valence-electron chi connectivity index (χ0n) is 15.4. The number of fused-ring (bicyclic) bond motifs is 1. The quantitative estimate of drug-likeness (QED) is 0.832. The standard InChI is InChI=1S/C19H19N3O5S/c1-21(2)18(24)13-7-9-15(10-8-13)20-17(23)11-22-19(25)16-6-4-3-5-14(16)12-28(22,26)27/h3-10H,11-12H2,1-2H3,(H,20,23). The molecule has 3 amide bonds. The molecule has 2 aromatic carbocycles. The Bertz CT molecular complexity index is 1050. The van der Waals surface area contributed by atoms with Crippen molar-refractivity contribution in [3.63, 3.8) is 0 Å². The van der Waals surface area contributed by atoms with Gasteiger partial charge in [0.05, 0.1) is 5.75 Å². The third-order valence-corrected chi connectivity index (χ3v) is 5.90. The molecule has 28 heavy (non-hydrogen) atoms. The molecule has 8 nitrogen and oxygen atoms in total. The van der Waals surface area contributed by atoms with Gasteiger partial charge in [0.1, 0.15) is 6.54 Å². The maximum Gasteiger partial charge on any atom is 0.268 e. The van der Waals surface area contributed by atoms with Gasteiger partial charge in [-0.25, -0.2) is 12.7 Å². The molecule has 3 rings (SSSR count). The fraction of sp³-hybridized carbons (Fsp3) is 0.211. The first-order valence-electron chi connectivity index (χ1n) is 8.43. The van der Waals surface area contributed by atoms with Crippen LogP contribution in [0.25, 0.3) is 0 Å². The smallest absolute Gasteiger partial charge is 0.268 e. The lowest BCUT2D eigenvalue weighted by molar-refractivity contribution is -0.116. The Morgan fingerprint density at radius 2 is 1.71 bits per heavy atom. The van der Waals surface area contributed by atoms with Crippen molar-refractivity contribution in [3.8, 4) is 0 Å². The number of carbonyl (C=O) groups is 3. The van der Waals surface area contributed by atoms with Crippen molar-refractivity contribution >= 4 is 33.4 Å². The van der Waals surface area contributed by atoms with E-state index in [0.717, 1.165) is 0 Å². The molecule has 0 radical (unpaired) electrons. The monoisotopic (exact) mass is 401 g/mol. The Labute approximate surface area is 162 Å². The Kier molecular flexibility index (Phi) is 5.19. The van der Waals surface area contributed by atoms with E-state index in [1.165, 1.54) is 23.1 Å². The van der Waals surface area contributed by atoms with Gasteiger partial charge < -0.3 is 10.2 Å². The predicted molar refractivity (Wildman–Crippen MR) is 103 cm³/mol. The molecule has 0 atom stereocenters. The van der Waals surface area contributed by atoms with E-state index in [-0.39, 0.29) is 17.2 Å².